The van der Waals surface area contributed by atoms with Gasteiger partial charge in [-0.15, -0.1) is 0 Å². The molecule has 2 aromatic rings. The number of ether oxygens (including phenoxy) is 1. The molecule has 0 aliphatic rings. The third kappa shape index (κ3) is 2.72. The van der Waals surface area contributed by atoms with E-state index in [4.69, 9.17) is 10.5 Å². The van der Waals surface area contributed by atoms with Crippen LogP contribution >= 0.6 is 0 Å². The average Bonchev–Trinajstić information content (AvgIpc) is 2.30. The molecule has 0 atom stereocenters. The van der Waals surface area contributed by atoms with E-state index in [0.29, 0.717) is 18.0 Å². The Morgan fingerprint density at radius 1 is 1.35 bits per heavy atom. The molecule has 1 aromatic heterocycles. The highest BCUT2D eigenvalue weighted by molar-refractivity contribution is 5.52. The molecule has 1 heterocycles. The molecule has 0 bridgehead atoms. The Morgan fingerprint density at radius 2 is 2.18 bits per heavy atom. The SMILES string of the molecule is Cc1cccnc1COc1ccc(F)cc1N. The van der Waals surface area contributed by atoms with Gasteiger partial charge in [-0.05, 0) is 30.7 Å². The van der Waals surface area contributed by atoms with Crippen LogP contribution in [0.25, 0.3) is 0 Å². The molecule has 4 heteroatoms. The monoisotopic (exact) mass is 232 g/mol. The van der Waals surface area contributed by atoms with E-state index in [9.17, 15) is 4.39 Å². The zero-order valence-corrected chi connectivity index (χ0v) is 9.48. The van der Waals surface area contributed by atoms with Crippen LogP contribution in [0, 0.1) is 12.7 Å². The van der Waals surface area contributed by atoms with Gasteiger partial charge in [-0.2, -0.15) is 0 Å². The lowest BCUT2D eigenvalue weighted by molar-refractivity contribution is 0.301. The Morgan fingerprint density at radius 3 is 2.88 bits per heavy atom. The van der Waals surface area contributed by atoms with Gasteiger partial charge in [-0.1, -0.05) is 6.07 Å². The van der Waals surface area contributed by atoms with Crippen molar-refractivity contribution in [2.45, 2.75) is 13.5 Å². The van der Waals surface area contributed by atoms with Gasteiger partial charge in [0.1, 0.15) is 18.2 Å². The summed E-state index contributed by atoms with van der Waals surface area (Å²) in [6, 6.07) is 7.89. The molecule has 0 aliphatic carbocycles. The second kappa shape index (κ2) is 4.82. The molecule has 2 N–H and O–H groups in total. The topological polar surface area (TPSA) is 48.1 Å². The van der Waals surface area contributed by atoms with Crippen LogP contribution in [0.3, 0.4) is 0 Å². The summed E-state index contributed by atoms with van der Waals surface area (Å²) in [4.78, 5) is 4.20. The molecule has 17 heavy (non-hydrogen) atoms. The van der Waals surface area contributed by atoms with Crippen molar-refractivity contribution in [3.63, 3.8) is 0 Å². The van der Waals surface area contributed by atoms with Crippen molar-refractivity contribution in [2.75, 3.05) is 5.73 Å². The van der Waals surface area contributed by atoms with Gasteiger partial charge in [0.05, 0.1) is 11.4 Å². The molecule has 0 unspecified atom stereocenters. The number of nitrogens with zero attached hydrogens (tertiary/aromatic N) is 1. The van der Waals surface area contributed by atoms with E-state index >= 15 is 0 Å². The van der Waals surface area contributed by atoms with Crippen molar-refractivity contribution in [2.24, 2.45) is 0 Å². The van der Waals surface area contributed by atoms with Crippen LogP contribution in [-0.2, 0) is 6.61 Å². The smallest absolute Gasteiger partial charge is 0.142 e. The first-order valence-corrected chi connectivity index (χ1v) is 5.25. The minimum atomic E-state index is -0.371. The normalized spacial score (nSPS) is 10.2. The van der Waals surface area contributed by atoms with Crippen LogP contribution in [0.5, 0.6) is 5.75 Å². The lowest BCUT2D eigenvalue weighted by Gasteiger charge is -2.09. The summed E-state index contributed by atoms with van der Waals surface area (Å²) < 4.78 is 18.3. The Kier molecular flexibility index (Phi) is 3.23. The molecule has 0 aliphatic heterocycles. The number of nitrogen functional groups attached to an aromatic ring is 1. The number of aryl methyl sites for hydroxylation is 1. The first-order chi connectivity index (χ1) is 8.16. The van der Waals surface area contributed by atoms with Crippen LogP contribution in [0.4, 0.5) is 10.1 Å². The first-order valence-electron chi connectivity index (χ1n) is 5.25. The third-order valence-electron chi connectivity index (χ3n) is 2.45. The van der Waals surface area contributed by atoms with Gasteiger partial charge in [-0.3, -0.25) is 4.98 Å². The molecule has 2 rings (SSSR count). The molecule has 0 radical (unpaired) electrons. The molecule has 0 saturated heterocycles. The average molecular weight is 232 g/mol. The van der Waals surface area contributed by atoms with E-state index in [1.54, 1.807) is 6.20 Å². The van der Waals surface area contributed by atoms with Gasteiger partial charge in [0.15, 0.2) is 0 Å². The Labute approximate surface area is 99.1 Å². The minimum Gasteiger partial charge on any atom is -0.485 e. The van der Waals surface area contributed by atoms with Crippen LogP contribution in [0.2, 0.25) is 0 Å². The molecule has 3 nitrogen and oxygen atoms in total. The maximum atomic E-state index is 12.8. The van der Waals surface area contributed by atoms with E-state index in [2.05, 4.69) is 4.98 Å². The van der Waals surface area contributed by atoms with Gasteiger partial charge in [0, 0.05) is 12.3 Å². The molecule has 0 saturated carbocycles. The number of anilines is 1. The molecular formula is C13H13FN2O. The summed E-state index contributed by atoms with van der Waals surface area (Å²) in [5, 5.41) is 0. The van der Waals surface area contributed by atoms with E-state index in [1.165, 1.54) is 18.2 Å². The van der Waals surface area contributed by atoms with E-state index in [1.807, 2.05) is 19.1 Å². The van der Waals surface area contributed by atoms with Gasteiger partial charge in [-0.25, -0.2) is 4.39 Å². The summed E-state index contributed by atoms with van der Waals surface area (Å²) in [5.41, 5.74) is 7.82. The molecule has 1 aromatic carbocycles. The fourth-order valence-electron chi connectivity index (χ4n) is 1.47. The van der Waals surface area contributed by atoms with Crippen molar-refractivity contribution in [3.8, 4) is 5.75 Å². The Hall–Kier alpha value is -2.10. The van der Waals surface area contributed by atoms with E-state index in [0.717, 1.165) is 11.3 Å². The van der Waals surface area contributed by atoms with E-state index in [-0.39, 0.29) is 5.82 Å². The summed E-state index contributed by atoms with van der Waals surface area (Å²) in [6.07, 6.45) is 1.71. The van der Waals surface area contributed by atoms with Gasteiger partial charge >= 0.3 is 0 Å². The largest absolute Gasteiger partial charge is 0.485 e. The van der Waals surface area contributed by atoms with Gasteiger partial charge in [0.2, 0.25) is 0 Å². The van der Waals surface area contributed by atoms with Gasteiger partial charge in [0.25, 0.3) is 0 Å². The molecule has 0 spiro atoms. The second-order valence-electron chi connectivity index (χ2n) is 3.74. The Bertz CT molecular complexity index is 529. The first kappa shape index (κ1) is 11.4. The zero-order valence-electron chi connectivity index (χ0n) is 9.48. The fraction of sp³-hybridized carbons (Fsp3) is 0.154. The highest BCUT2D eigenvalue weighted by atomic mass is 19.1. The number of pyridine rings is 1. The molecule has 0 fully saturated rings. The van der Waals surface area contributed by atoms with Gasteiger partial charge < -0.3 is 10.5 Å². The zero-order chi connectivity index (χ0) is 12.3. The number of nitrogens with two attached hydrogens (primary N) is 1. The number of aromatic nitrogens is 1. The maximum Gasteiger partial charge on any atom is 0.142 e. The van der Waals surface area contributed by atoms with Crippen LogP contribution in [0.15, 0.2) is 36.5 Å². The highest BCUT2D eigenvalue weighted by Crippen LogP contribution is 2.22. The van der Waals surface area contributed by atoms with Crippen molar-refractivity contribution >= 4 is 5.69 Å². The summed E-state index contributed by atoms with van der Waals surface area (Å²) in [7, 11) is 0. The van der Waals surface area contributed by atoms with Crippen LogP contribution < -0.4 is 10.5 Å². The number of halogens is 1. The quantitative estimate of drug-likeness (QED) is 0.828. The fourth-order valence-corrected chi connectivity index (χ4v) is 1.47. The lowest BCUT2D eigenvalue weighted by Crippen LogP contribution is -2.02. The van der Waals surface area contributed by atoms with Crippen molar-refractivity contribution in [1.82, 2.24) is 4.98 Å². The van der Waals surface area contributed by atoms with Crippen molar-refractivity contribution in [3.05, 3.63) is 53.6 Å². The molecular weight excluding hydrogens is 219 g/mol. The van der Waals surface area contributed by atoms with Crippen molar-refractivity contribution < 1.29 is 9.13 Å². The second-order valence-corrected chi connectivity index (χ2v) is 3.74. The predicted molar refractivity (Wildman–Crippen MR) is 64.1 cm³/mol. The van der Waals surface area contributed by atoms with Crippen LogP contribution in [0.1, 0.15) is 11.3 Å². The highest BCUT2D eigenvalue weighted by Gasteiger charge is 2.04. The number of benzene rings is 1. The maximum absolute atomic E-state index is 12.8. The third-order valence-corrected chi connectivity index (χ3v) is 2.45. The minimum absolute atomic E-state index is 0.290. The molecule has 88 valence electrons. The number of rotatable bonds is 3. The predicted octanol–water partition coefficient (Wildman–Crippen LogP) is 2.69. The Balaban J connectivity index is 2.10. The van der Waals surface area contributed by atoms with Crippen LogP contribution in [-0.4, -0.2) is 4.98 Å². The number of hydrogen-bond acceptors (Lipinski definition) is 3. The van der Waals surface area contributed by atoms with E-state index < -0.39 is 0 Å². The summed E-state index contributed by atoms with van der Waals surface area (Å²) >= 11 is 0. The molecule has 0 amide bonds. The lowest BCUT2D eigenvalue weighted by atomic mass is 10.2. The number of hydrogen-bond donors (Lipinski definition) is 1. The summed E-state index contributed by atoms with van der Waals surface area (Å²) in [6.45, 7) is 2.28. The standard InChI is InChI=1S/C13H13FN2O/c1-9-3-2-6-16-12(9)8-17-13-5-4-10(14)7-11(13)15/h2-7H,8,15H2,1H3. The van der Waals surface area contributed by atoms with Crippen molar-refractivity contribution in [1.29, 1.82) is 0 Å². The summed E-state index contributed by atoms with van der Waals surface area (Å²) in [5.74, 6) is 0.0975.